The first-order chi connectivity index (χ1) is 17.2. The van der Waals surface area contributed by atoms with Crippen molar-refractivity contribution in [3.8, 4) is 10.6 Å². The number of thiazole rings is 1. The van der Waals surface area contributed by atoms with Crippen LogP contribution in [0.5, 0.6) is 0 Å². The molecule has 3 rings (SSSR count). The van der Waals surface area contributed by atoms with Crippen LogP contribution in [0.4, 0.5) is 4.79 Å². The maximum Gasteiger partial charge on any atom is 0.408 e. The van der Waals surface area contributed by atoms with Gasteiger partial charge in [0.25, 0.3) is 0 Å². The van der Waals surface area contributed by atoms with Crippen LogP contribution >= 0.6 is 11.3 Å². The van der Waals surface area contributed by atoms with Crippen molar-refractivity contribution in [1.82, 2.24) is 30.5 Å². The first-order valence-corrected chi connectivity index (χ1v) is 13.4. The molecule has 2 N–H and O–H groups in total. The van der Waals surface area contributed by atoms with Crippen molar-refractivity contribution in [2.45, 2.75) is 92.0 Å². The van der Waals surface area contributed by atoms with Gasteiger partial charge in [0.05, 0.1) is 40.2 Å². The molecular formula is C26H38N6O4S. The van der Waals surface area contributed by atoms with E-state index in [-0.39, 0.29) is 11.8 Å². The van der Waals surface area contributed by atoms with Crippen LogP contribution in [0, 0.1) is 12.3 Å². The highest BCUT2D eigenvalue weighted by atomic mass is 32.1. The van der Waals surface area contributed by atoms with E-state index in [4.69, 9.17) is 4.74 Å². The third-order valence-corrected chi connectivity index (χ3v) is 7.02. The summed E-state index contributed by atoms with van der Waals surface area (Å²) in [4.78, 5) is 55.1. The van der Waals surface area contributed by atoms with Gasteiger partial charge in [-0.1, -0.05) is 20.8 Å². The summed E-state index contributed by atoms with van der Waals surface area (Å²) in [5.41, 5.74) is 2.75. The van der Waals surface area contributed by atoms with E-state index in [0.29, 0.717) is 25.1 Å². The summed E-state index contributed by atoms with van der Waals surface area (Å²) in [5.74, 6) is -0.555. The standard InChI is InChI=1S/C26H38N6O4S/c1-15(17-12-28-18(13-27-17)20-16(2)29-14-37-20)30-22(33)19-10-9-11-32(19)23(34)21(25(3,4)5)31-24(35)36-26(6,7)8/h12-15,19,21H,9-11H2,1-8H3,(H,30,33)(H,31,35)/t15?,19-,21+/m0/s1. The molecule has 1 fully saturated rings. The van der Waals surface area contributed by atoms with Gasteiger partial charge in [-0.3, -0.25) is 19.6 Å². The molecule has 37 heavy (non-hydrogen) atoms. The lowest BCUT2D eigenvalue weighted by atomic mass is 9.85. The molecule has 1 saturated heterocycles. The van der Waals surface area contributed by atoms with Gasteiger partial charge in [-0.05, 0) is 52.9 Å². The summed E-state index contributed by atoms with van der Waals surface area (Å²) < 4.78 is 5.37. The number of likely N-dealkylation sites (tertiary alicyclic amines) is 1. The summed E-state index contributed by atoms with van der Waals surface area (Å²) in [7, 11) is 0. The van der Waals surface area contributed by atoms with Crippen molar-refractivity contribution >= 4 is 29.2 Å². The summed E-state index contributed by atoms with van der Waals surface area (Å²) in [6.45, 7) is 15.1. The molecule has 0 spiro atoms. The van der Waals surface area contributed by atoms with Crippen LogP contribution < -0.4 is 10.6 Å². The van der Waals surface area contributed by atoms with Gasteiger partial charge in [-0.2, -0.15) is 0 Å². The molecule has 3 atom stereocenters. The fourth-order valence-corrected chi connectivity index (χ4v) is 4.92. The van der Waals surface area contributed by atoms with Crippen LogP contribution in [0.25, 0.3) is 10.6 Å². The van der Waals surface area contributed by atoms with Gasteiger partial charge in [0.15, 0.2) is 0 Å². The molecule has 0 bridgehead atoms. The molecule has 2 aromatic rings. The van der Waals surface area contributed by atoms with E-state index in [1.807, 2.05) is 34.6 Å². The first kappa shape index (κ1) is 28.5. The van der Waals surface area contributed by atoms with Crippen LogP contribution in [0.2, 0.25) is 0 Å². The molecule has 0 radical (unpaired) electrons. The van der Waals surface area contributed by atoms with E-state index < -0.39 is 35.2 Å². The van der Waals surface area contributed by atoms with Crippen molar-refractivity contribution in [3.05, 3.63) is 29.3 Å². The molecule has 10 nitrogen and oxygen atoms in total. The summed E-state index contributed by atoms with van der Waals surface area (Å²) in [6.07, 6.45) is 3.91. The van der Waals surface area contributed by atoms with Gasteiger partial charge in [-0.15, -0.1) is 11.3 Å². The molecule has 0 aliphatic carbocycles. The Morgan fingerprint density at radius 3 is 2.32 bits per heavy atom. The monoisotopic (exact) mass is 530 g/mol. The Morgan fingerprint density at radius 2 is 1.78 bits per heavy atom. The molecule has 1 aliphatic rings. The summed E-state index contributed by atoms with van der Waals surface area (Å²) in [5, 5.41) is 5.71. The molecule has 3 amide bonds. The summed E-state index contributed by atoms with van der Waals surface area (Å²) in [6, 6.07) is -1.87. The largest absolute Gasteiger partial charge is 0.444 e. The number of carbonyl (C=O) groups is 3. The number of nitrogens with one attached hydrogen (secondary N) is 2. The Kier molecular flexibility index (Phi) is 8.56. The maximum atomic E-state index is 13.6. The number of rotatable bonds is 6. The van der Waals surface area contributed by atoms with E-state index in [1.54, 1.807) is 43.6 Å². The van der Waals surface area contributed by atoms with Crippen molar-refractivity contribution in [2.75, 3.05) is 6.54 Å². The van der Waals surface area contributed by atoms with E-state index in [0.717, 1.165) is 16.3 Å². The summed E-state index contributed by atoms with van der Waals surface area (Å²) >= 11 is 1.50. The number of aromatic nitrogens is 3. The highest BCUT2D eigenvalue weighted by Crippen LogP contribution is 2.27. The average Bonchev–Trinajstić information content (AvgIpc) is 3.44. The number of carbonyl (C=O) groups excluding carboxylic acids is 3. The van der Waals surface area contributed by atoms with Gasteiger partial charge in [0, 0.05) is 6.54 Å². The molecule has 0 saturated carbocycles. The number of nitrogens with zero attached hydrogens (tertiary/aromatic N) is 4. The van der Waals surface area contributed by atoms with Gasteiger partial charge >= 0.3 is 6.09 Å². The molecule has 0 aromatic carbocycles. The second-order valence-electron chi connectivity index (χ2n) is 11.5. The van der Waals surface area contributed by atoms with Crippen molar-refractivity contribution in [1.29, 1.82) is 0 Å². The number of amides is 3. The minimum Gasteiger partial charge on any atom is -0.444 e. The maximum absolute atomic E-state index is 13.6. The number of ether oxygens (including phenoxy) is 1. The number of aryl methyl sites for hydroxylation is 1. The molecule has 1 unspecified atom stereocenters. The van der Waals surface area contributed by atoms with E-state index in [2.05, 4.69) is 25.6 Å². The van der Waals surface area contributed by atoms with Gasteiger partial charge in [0.1, 0.15) is 23.4 Å². The number of hydrogen-bond donors (Lipinski definition) is 2. The van der Waals surface area contributed by atoms with Gasteiger partial charge in [0.2, 0.25) is 11.8 Å². The Hall–Kier alpha value is -3.08. The highest BCUT2D eigenvalue weighted by molar-refractivity contribution is 7.13. The molecule has 1 aliphatic heterocycles. The zero-order valence-corrected chi connectivity index (χ0v) is 23.7. The Bertz CT molecular complexity index is 1120. The van der Waals surface area contributed by atoms with E-state index in [1.165, 1.54) is 11.3 Å². The van der Waals surface area contributed by atoms with Crippen molar-refractivity contribution in [3.63, 3.8) is 0 Å². The minimum absolute atomic E-state index is 0.257. The molecule has 3 heterocycles. The average molecular weight is 531 g/mol. The lowest BCUT2D eigenvalue weighted by Crippen LogP contribution is -2.58. The van der Waals surface area contributed by atoms with E-state index >= 15 is 0 Å². The normalized spacial score (nSPS) is 17.7. The SMILES string of the molecule is Cc1ncsc1-c1cnc(C(C)NC(=O)[C@@H]2CCCN2C(=O)[C@@H](NC(=O)OC(C)(C)C)C(C)(C)C)cn1. The fourth-order valence-electron chi connectivity index (χ4n) is 4.15. The molecule has 2 aromatic heterocycles. The van der Waals surface area contributed by atoms with Crippen LogP contribution in [0.1, 0.15) is 78.7 Å². The minimum atomic E-state index is -0.846. The van der Waals surface area contributed by atoms with E-state index in [9.17, 15) is 14.4 Å². The van der Waals surface area contributed by atoms with Crippen LogP contribution in [0.3, 0.4) is 0 Å². The second-order valence-corrected chi connectivity index (χ2v) is 12.3. The molecule has 202 valence electrons. The lowest BCUT2D eigenvalue weighted by Gasteiger charge is -2.36. The topological polar surface area (TPSA) is 126 Å². The van der Waals surface area contributed by atoms with Crippen molar-refractivity contribution in [2.24, 2.45) is 5.41 Å². The predicted molar refractivity (Wildman–Crippen MR) is 142 cm³/mol. The van der Waals surface area contributed by atoms with Gasteiger partial charge in [-0.25, -0.2) is 9.78 Å². The zero-order chi connectivity index (χ0) is 27.5. The quantitative estimate of drug-likeness (QED) is 0.578. The smallest absolute Gasteiger partial charge is 0.408 e. The Balaban J connectivity index is 1.69. The second kappa shape index (κ2) is 11.1. The lowest BCUT2D eigenvalue weighted by molar-refractivity contribution is -0.142. The zero-order valence-electron chi connectivity index (χ0n) is 22.9. The fraction of sp³-hybridized carbons (Fsp3) is 0.615. The highest BCUT2D eigenvalue weighted by Gasteiger charge is 2.42. The van der Waals surface area contributed by atoms with Crippen LogP contribution in [0.15, 0.2) is 17.9 Å². The number of hydrogen-bond acceptors (Lipinski definition) is 8. The molecule has 11 heteroatoms. The van der Waals surface area contributed by atoms with Crippen LogP contribution in [-0.2, 0) is 14.3 Å². The Labute approximate surface area is 222 Å². The molecular weight excluding hydrogens is 492 g/mol. The van der Waals surface area contributed by atoms with Crippen molar-refractivity contribution < 1.29 is 19.1 Å². The van der Waals surface area contributed by atoms with Crippen LogP contribution in [-0.4, -0.2) is 62.0 Å². The van der Waals surface area contributed by atoms with Gasteiger partial charge < -0.3 is 20.3 Å². The first-order valence-electron chi connectivity index (χ1n) is 12.5. The third-order valence-electron chi connectivity index (χ3n) is 6.06. The third kappa shape index (κ3) is 7.24. The number of alkyl carbamates (subject to hydrolysis) is 1. The predicted octanol–water partition coefficient (Wildman–Crippen LogP) is 4.02. The Morgan fingerprint density at radius 1 is 1.08 bits per heavy atom.